The molecule has 2 rings (SSSR count). The molecule has 0 amide bonds. The minimum Gasteiger partial charge on any atom is -0.265 e. The molecule has 0 atom stereocenters. The van der Waals surface area contributed by atoms with E-state index in [0.717, 1.165) is 20.9 Å². The number of benzene rings is 2. The predicted molar refractivity (Wildman–Crippen MR) is 120 cm³/mol. The Balaban J connectivity index is 2.71. The van der Waals surface area contributed by atoms with Crippen molar-refractivity contribution >= 4 is 30.0 Å². The van der Waals surface area contributed by atoms with Gasteiger partial charge in [-0.15, -0.1) is 0 Å². The number of nitrogens with zero attached hydrogens (tertiary/aromatic N) is 1. The highest BCUT2D eigenvalue weighted by molar-refractivity contribution is 6.30. The van der Waals surface area contributed by atoms with Crippen LogP contribution < -0.4 is 10.4 Å². The van der Waals surface area contributed by atoms with Crippen LogP contribution in [0.25, 0.3) is 12.2 Å². The van der Waals surface area contributed by atoms with Crippen molar-refractivity contribution in [2.75, 3.05) is 0 Å². The highest BCUT2D eigenvalue weighted by Gasteiger charge is 1.92. The summed E-state index contributed by atoms with van der Waals surface area (Å²) in [6, 6.07) is 14.2. The molecule has 2 aromatic carbocycles. The van der Waals surface area contributed by atoms with Crippen LogP contribution in [0.1, 0.15) is 0 Å². The van der Waals surface area contributed by atoms with Gasteiger partial charge < -0.3 is 0 Å². The number of hydrogen-bond acceptors (Lipinski definition) is 1. The van der Waals surface area contributed by atoms with Gasteiger partial charge in [0.15, 0.2) is 0 Å². The van der Waals surface area contributed by atoms with E-state index < -0.39 is 0 Å². The molecule has 0 aliphatic rings. The molecule has 0 heterocycles. The average molecular weight is 372 g/mol. The zero-order valence-electron chi connectivity index (χ0n) is 15.1. The van der Waals surface area contributed by atoms with Crippen molar-refractivity contribution < 1.29 is 0 Å². The molecule has 0 aliphatic heterocycles. The van der Waals surface area contributed by atoms with E-state index in [-0.39, 0.29) is 0 Å². The lowest BCUT2D eigenvalue weighted by Gasteiger charge is -1.95. The van der Waals surface area contributed by atoms with Crippen LogP contribution in [0, 0.1) is 10.4 Å². The van der Waals surface area contributed by atoms with Gasteiger partial charge in [-0.2, -0.15) is 0 Å². The molecule has 0 N–H and O–H groups in total. The Hall–Kier alpha value is -3.16. The minimum absolute atomic E-state index is 0.708. The summed E-state index contributed by atoms with van der Waals surface area (Å²) in [5.74, 6) is 0. The standard InChI is InChI=1S/C25H22ClN/c1-3-5-6-7-8-13-22-20-23(26)16-17-25(22)24-15-10-9-12-21(24)14-11-19-27-18-4-2/h3-20H,1-2H2/b6-5-,8-7+,19-11+,21-14+,22-13+,25-24-,27-18?. The zero-order chi connectivity index (χ0) is 19.3. The van der Waals surface area contributed by atoms with E-state index in [4.69, 9.17) is 11.6 Å². The second-order valence-corrected chi connectivity index (χ2v) is 5.97. The first kappa shape index (κ1) is 20.2. The Kier molecular flexibility index (Phi) is 8.55. The topological polar surface area (TPSA) is 12.4 Å². The average Bonchev–Trinajstić information content (AvgIpc) is 2.68. The maximum atomic E-state index is 6.22. The molecule has 0 fully saturated rings. The molecule has 0 unspecified atom stereocenters. The maximum Gasteiger partial charge on any atom is 0.0412 e. The molecule has 0 spiro atoms. The van der Waals surface area contributed by atoms with Gasteiger partial charge >= 0.3 is 0 Å². The molecule has 134 valence electrons. The molecule has 0 saturated heterocycles. The summed E-state index contributed by atoms with van der Waals surface area (Å²) in [6.45, 7) is 7.27. The monoisotopic (exact) mass is 371 g/mol. The minimum atomic E-state index is 0.708. The maximum absolute atomic E-state index is 6.22. The van der Waals surface area contributed by atoms with Crippen LogP contribution in [0.15, 0.2) is 109 Å². The van der Waals surface area contributed by atoms with E-state index in [1.54, 1.807) is 24.6 Å². The fraction of sp³-hybridized carbons (Fsp3) is 0. The zero-order valence-corrected chi connectivity index (χ0v) is 15.9. The van der Waals surface area contributed by atoms with Gasteiger partial charge in [0.25, 0.3) is 0 Å². The largest absolute Gasteiger partial charge is 0.265 e. The van der Waals surface area contributed by atoms with Crippen LogP contribution in [0.3, 0.4) is 0 Å². The molecular formula is C25H22ClN. The number of halogens is 1. The second-order valence-electron chi connectivity index (χ2n) is 5.53. The van der Waals surface area contributed by atoms with Crippen molar-refractivity contribution in [2.24, 2.45) is 4.99 Å². The van der Waals surface area contributed by atoms with Gasteiger partial charge in [0, 0.05) is 17.4 Å². The van der Waals surface area contributed by atoms with Gasteiger partial charge in [-0.25, -0.2) is 0 Å². The number of aliphatic imine (C=N–C) groups is 1. The molecule has 0 aromatic heterocycles. The van der Waals surface area contributed by atoms with Gasteiger partial charge in [-0.05, 0) is 39.1 Å². The fourth-order valence-electron chi connectivity index (χ4n) is 2.48. The van der Waals surface area contributed by atoms with E-state index in [1.807, 2.05) is 66.8 Å². The van der Waals surface area contributed by atoms with Crippen LogP contribution in [-0.4, -0.2) is 6.21 Å². The van der Waals surface area contributed by atoms with E-state index in [2.05, 4.69) is 36.4 Å². The lowest BCUT2D eigenvalue weighted by Crippen LogP contribution is -2.09. The predicted octanol–water partition coefficient (Wildman–Crippen LogP) is 5.26. The van der Waals surface area contributed by atoms with Crippen LogP contribution >= 0.6 is 11.6 Å². The van der Waals surface area contributed by atoms with Gasteiger partial charge in [0.1, 0.15) is 0 Å². The summed E-state index contributed by atoms with van der Waals surface area (Å²) >= 11 is 6.22. The van der Waals surface area contributed by atoms with Gasteiger partial charge in [0.05, 0.1) is 0 Å². The molecule has 0 aliphatic carbocycles. The molecule has 0 bridgehead atoms. The summed E-state index contributed by atoms with van der Waals surface area (Å²) in [6.07, 6.45) is 20.6. The quantitative estimate of drug-likeness (QED) is 0.485. The summed E-state index contributed by atoms with van der Waals surface area (Å²) < 4.78 is 0. The van der Waals surface area contributed by atoms with E-state index >= 15 is 0 Å². The van der Waals surface area contributed by atoms with Crippen molar-refractivity contribution in [3.8, 4) is 0 Å². The first-order valence-electron chi connectivity index (χ1n) is 8.58. The highest BCUT2D eigenvalue weighted by Crippen LogP contribution is 2.03. The van der Waals surface area contributed by atoms with Gasteiger partial charge in [-0.3, -0.25) is 4.99 Å². The van der Waals surface area contributed by atoms with E-state index in [9.17, 15) is 0 Å². The van der Waals surface area contributed by atoms with E-state index in [0.29, 0.717) is 5.02 Å². The highest BCUT2D eigenvalue weighted by atomic mass is 35.5. The van der Waals surface area contributed by atoms with Crippen molar-refractivity contribution in [2.45, 2.75) is 0 Å². The molecule has 2 heteroatoms. The molecule has 2 aromatic rings. The Morgan fingerprint density at radius 1 is 0.741 bits per heavy atom. The molecule has 1 nitrogen and oxygen atoms in total. The summed E-state index contributed by atoms with van der Waals surface area (Å²) in [5, 5.41) is 5.12. The number of allylic oxidation sites excluding steroid dienone is 7. The number of hydrogen-bond donors (Lipinski definition) is 0. The molecule has 0 saturated carbocycles. The molecule has 0 radical (unpaired) electrons. The van der Waals surface area contributed by atoms with Crippen molar-refractivity contribution in [1.82, 2.24) is 0 Å². The molecule has 27 heavy (non-hydrogen) atoms. The Morgan fingerprint density at radius 2 is 1.48 bits per heavy atom. The summed E-state index contributed by atoms with van der Waals surface area (Å²) in [5.41, 5.74) is 0. The SMILES string of the molecule is C=CC=N/C=C/C=c1\cccc\c1=c1/ccc(Cl)c/c1=C\C=C\C=C/C=C. The third-order valence-corrected chi connectivity index (χ3v) is 3.88. The van der Waals surface area contributed by atoms with Crippen LogP contribution in [0.4, 0.5) is 0 Å². The lowest BCUT2D eigenvalue weighted by atomic mass is 10.1. The van der Waals surface area contributed by atoms with Crippen molar-refractivity contribution in [3.05, 3.63) is 130 Å². The summed E-state index contributed by atoms with van der Waals surface area (Å²) in [7, 11) is 0. The van der Waals surface area contributed by atoms with Crippen LogP contribution in [-0.2, 0) is 0 Å². The fourth-order valence-corrected chi connectivity index (χ4v) is 2.66. The first-order chi connectivity index (χ1) is 13.3. The lowest BCUT2D eigenvalue weighted by molar-refractivity contribution is 1.40. The van der Waals surface area contributed by atoms with E-state index in [1.165, 1.54) is 0 Å². The molecular weight excluding hydrogens is 350 g/mol. The van der Waals surface area contributed by atoms with Crippen LogP contribution in [0.5, 0.6) is 0 Å². The smallest absolute Gasteiger partial charge is 0.0412 e. The van der Waals surface area contributed by atoms with Gasteiger partial charge in [-0.1, -0.05) is 104 Å². The van der Waals surface area contributed by atoms with Crippen LogP contribution in [0.2, 0.25) is 5.02 Å². The number of rotatable bonds is 6. The Morgan fingerprint density at radius 3 is 2.30 bits per heavy atom. The Bertz CT molecular complexity index is 1120. The van der Waals surface area contributed by atoms with Gasteiger partial charge in [0.2, 0.25) is 0 Å². The third-order valence-electron chi connectivity index (χ3n) is 3.65. The summed E-state index contributed by atoms with van der Waals surface area (Å²) in [4.78, 5) is 4.10. The first-order valence-corrected chi connectivity index (χ1v) is 8.96. The van der Waals surface area contributed by atoms with Crippen molar-refractivity contribution in [3.63, 3.8) is 0 Å². The second kappa shape index (κ2) is 11.5. The Labute approximate surface area is 165 Å². The van der Waals surface area contributed by atoms with Crippen molar-refractivity contribution in [1.29, 1.82) is 0 Å². The third kappa shape index (κ3) is 6.58. The normalized spacial score (nSPS) is 14.9.